The summed E-state index contributed by atoms with van der Waals surface area (Å²) in [7, 11) is 0. The van der Waals surface area contributed by atoms with Crippen molar-refractivity contribution >= 4 is 11.8 Å². The number of hydrogen-bond acceptors (Lipinski definition) is 4. The molecule has 0 aromatic carbocycles. The van der Waals surface area contributed by atoms with Crippen molar-refractivity contribution in [2.24, 2.45) is 0 Å². The van der Waals surface area contributed by atoms with E-state index in [4.69, 9.17) is 0 Å². The summed E-state index contributed by atoms with van der Waals surface area (Å²) in [6.45, 7) is 7.70. The van der Waals surface area contributed by atoms with Crippen molar-refractivity contribution in [3.05, 3.63) is 0 Å². The lowest BCUT2D eigenvalue weighted by atomic mass is 10.0. The summed E-state index contributed by atoms with van der Waals surface area (Å²) in [5.74, 6) is 2.77. The fourth-order valence-electron chi connectivity index (χ4n) is 3.45. The Balaban J connectivity index is 1.46. The van der Waals surface area contributed by atoms with Crippen molar-refractivity contribution in [2.45, 2.75) is 31.3 Å². The van der Waals surface area contributed by atoms with Crippen LogP contribution in [0.15, 0.2) is 0 Å². The molecule has 0 aromatic heterocycles. The maximum Gasteiger partial charge on any atom is 0.0195 e. The fraction of sp³-hybridized carbons (Fsp3) is 1.00. The molecular formula is C13H25N3S. The summed E-state index contributed by atoms with van der Waals surface area (Å²) >= 11 is 2.14. The lowest BCUT2D eigenvalue weighted by molar-refractivity contribution is 0.0645. The van der Waals surface area contributed by atoms with Crippen molar-refractivity contribution in [3.8, 4) is 0 Å². The van der Waals surface area contributed by atoms with E-state index in [1.807, 2.05) is 0 Å². The zero-order valence-corrected chi connectivity index (χ0v) is 11.6. The van der Waals surface area contributed by atoms with E-state index in [0.717, 1.165) is 12.1 Å². The third-order valence-electron chi connectivity index (χ3n) is 4.60. The highest BCUT2D eigenvalue weighted by Crippen LogP contribution is 2.24. The molecule has 4 heteroatoms. The molecule has 1 N–H and O–H groups in total. The molecule has 1 atom stereocenters. The maximum atomic E-state index is 3.47. The molecule has 3 fully saturated rings. The molecule has 3 aliphatic heterocycles. The standard InChI is InChI=1S/C13H25N3S/c1-4-14-5-2-12(1)15-6-8-16(9-7-15)13-3-10-17-11-13/h12-14H,1-11H2/t13-/m1/s1. The summed E-state index contributed by atoms with van der Waals surface area (Å²) in [4.78, 5) is 5.50. The Bertz CT molecular complexity index is 229. The summed E-state index contributed by atoms with van der Waals surface area (Å²) < 4.78 is 0. The first-order chi connectivity index (χ1) is 8.43. The molecule has 17 heavy (non-hydrogen) atoms. The maximum absolute atomic E-state index is 3.47. The highest BCUT2D eigenvalue weighted by molar-refractivity contribution is 7.99. The highest BCUT2D eigenvalue weighted by atomic mass is 32.2. The van der Waals surface area contributed by atoms with Crippen LogP contribution in [0.3, 0.4) is 0 Å². The second-order valence-electron chi connectivity index (χ2n) is 5.57. The van der Waals surface area contributed by atoms with E-state index in [1.165, 1.54) is 70.0 Å². The summed E-state index contributed by atoms with van der Waals surface area (Å²) in [6, 6.07) is 1.77. The van der Waals surface area contributed by atoms with Gasteiger partial charge in [0.25, 0.3) is 0 Å². The zero-order valence-electron chi connectivity index (χ0n) is 10.7. The Labute approximate surface area is 109 Å². The van der Waals surface area contributed by atoms with E-state index < -0.39 is 0 Å². The van der Waals surface area contributed by atoms with Crippen molar-refractivity contribution in [1.29, 1.82) is 0 Å². The third kappa shape index (κ3) is 2.98. The Hall–Kier alpha value is 0.230. The molecule has 0 aromatic rings. The largest absolute Gasteiger partial charge is 0.317 e. The Morgan fingerprint density at radius 1 is 0.824 bits per heavy atom. The second-order valence-corrected chi connectivity index (χ2v) is 6.72. The first kappa shape index (κ1) is 12.3. The molecule has 0 bridgehead atoms. The lowest BCUT2D eigenvalue weighted by Crippen LogP contribution is -2.54. The fourth-order valence-corrected chi connectivity index (χ4v) is 4.70. The highest BCUT2D eigenvalue weighted by Gasteiger charge is 2.29. The number of rotatable bonds is 2. The van der Waals surface area contributed by atoms with Gasteiger partial charge in [-0.2, -0.15) is 11.8 Å². The van der Waals surface area contributed by atoms with Crippen LogP contribution in [0.1, 0.15) is 19.3 Å². The van der Waals surface area contributed by atoms with Gasteiger partial charge in [-0.25, -0.2) is 0 Å². The van der Waals surface area contributed by atoms with Gasteiger partial charge >= 0.3 is 0 Å². The number of nitrogens with one attached hydrogen (secondary N) is 1. The van der Waals surface area contributed by atoms with E-state index in [0.29, 0.717) is 0 Å². The van der Waals surface area contributed by atoms with Gasteiger partial charge in [-0.05, 0) is 38.1 Å². The molecule has 3 nitrogen and oxygen atoms in total. The molecular weight excluding hydrogens is 230 g/mol. The first-order valence-corrected chi connectivity index (χ1v) is 8.35. The van der Waals surface area contributed by atoms with Gasteiger partial charge in [-0.15, -0.1) is 0 Å². The van der Waals surface area contributed by atoms with Crippen LogP contribution < -0.4 is 5.32 Å². The Kier molecular flexibility index (Phi) is 4.27. The summed E-state index contributed by atoms with van der Waals surface area (Å²) in [5, 5.41) is 3.47. The number of hydrogen-bond donors (Lipinski definition) is 1. The minimum atomic E-state index is 0.872. The Morgan fingerprint density at radius 3 is 2.06 bits per heavy atom. The molecule has 3 rings (SSSR count). The van der Waals surface area contributed by atoms with Gasteiger partial charge in [-0.3, -0.25) is 9.80 Å². The van der Waals surface area contributed by atoms with Crippen LogP contribution in [0.2, 0.25) is 0 Å². The molecule has 3 saturated heterocycles. The van der Waals surface area contributed by atoms with Crippen LogP contribution in [-0.2, 0) is 0 Å². The van der Waals surface area contributed by atoms with Gasteiger partial charge in [0, 0.05) is 44.0 Å². The molecule has 98 valence electrons. The molecule has 0 unspecified atom stereocenters. The monoisotopic (exact) mass is 255 g/mol. The van der Waals surface area contributed by atoms with Crippen molar-refractivity contribution < 1.29 is 0 Å². The third-order valence-corrected chi connectivity index (χ3v) is 5.74. The predicted molar refractivity (Wildman–Crippen MR) is 74.8 cm³/mol. The summed E-state index contributed by atoms with van der Waals surface area (Å²) in [5.41, 5.74) is 0. The zero-order chi connectivity index (χ0) is 11.5. The van der Waals surface area contributed by atoms with Gasteiger partial charge in [0.15, 0.2) is 0 Å². The van der Waals surface area contributed by atoms with Crippen LogP contribution in [0.4, 0.5) is 0 Å². The Morgan fingerprint density at radius 2 is 1.47 bits per heavy atom. The predicted octanol–water partition coefficient (Wildman–Crippen LogP) is 0.861. The second kappa shape index (κ2) is 5.91. The van der Waals surface area contributed by atoms with Crippen LogP contribution in [-0.4, -0.2) is 72.7 Å². The van der Waals surface area contributed by atoms with Gasteiger partial charge in [0.05, 0.1) is 0 Å². The van der Waals surface area contributed by atoms with Gasteiger partial charge < -0.3 is 5.32 Å². The van der Waals surface area contributed by atoms with Crippen LogP contribution in [0.5, 0.6) is 0 Å². The molecule has 0 amide bonds. The molecule has 0 aliphatic carbocycles. The average Bonchev–Trinajstić information content (AvgIpc) is 2.94. The van der Waals surface area contributed by atoms with Crippen molar-refractivity contribution in [2.75, 3.05) is 50.8 Å². The SMILES string of the molecule is C1CC(N2CCN([C@@H]3CCSC3)CC2)CCN1. The molecule has 3 heterocycles. The molecule has 0 spiro atoms. The van der Waals surface area contributed by atoms with Gasteiger partial charge in [0.1, 0.15) is 0 Å². The van der Waals surface area contributed by atoms with Crippen LogP contribution in [0, 0.1) is 0 Å². The van der Waals surface area contributed by atoms with E-state index in [1.54, 1.807) is 0 Å². The number of nitrogens with zero attached hydrogens (tertiary/aromatic N) is 2. The minimum absolute atomic E-state index is 0.872. The average molecular weight is 255 g/mol. The summed E-state index contributed by atoms with van der Waals surface area (Å²) in [6.07, 6.45) is 4.15. The van der Waals surface area contributed by atoms with E-state index in [2.05, 4.69) is 26.9 Å². The first-order valence-electron chi connectivity index (χ1n) is 7.20. The van der Waals surface area contributed by atoms with Crippen LogP contribution >= 0.6 is 11.8 Å². The van der Waals surface area contributed by atoms with E-state index in [-0.39, 0.29) is 0 Å². The lowest BCUT2D eigenvalue weighted by Gasteiger charge is -2.42. The smallest absolute Gasteiger partial charge is 0.0195 e. The van der Waals surface area contributed by atoms with Crippen LogP contribution in [0.25, 0.3) is 0 Å². The number of piperidine rings is 1. The van der Waals surface area contributed by atoms with Crippen molar-refractivity contribution in [3.63, 3.8) is 0 Å². The molecule has 0 radical (unpaired) electrons. The molecule has 0 saturated carbocycles. The van der Waals surface area contributed by atoms with Crippen molar-refractivity contribution in [1.82, 2.24) is 15.1 Å². The quantitative estimate of drug-likeness (QED) is 0.788. The normalized spacial score (nSPS) is 34.2. The minimum Gasteiger partial charge on any atom is -0.317 e. The number of thioether (sulfide) groups is 1. The van der Waals surface area contributed by atoms with E-state index in [9.17, 15) is 0 Å². The van der Waals surface area contributed by atoms with E-state index >= 15 is 0 Å². The van der Waals surface area contributed by atoms with Gasteiger partial charge in [-0.1, -0.05) is 0 Å². The van der Waals surface area contributed by atoms with Gasteiger partial charge in [0.2, 0.25) is 0 Å². The number of piperazine rings is 1. The topological polar surface area (TPSA) is 18.5 Å². The molecule has 3 aliphatic rings.